The van der Waals surface area contributed by atoms with Crippen LogP contribution in [0.4, 0.5) is 0 Å². The predicted octanol–water partition coefficient (Wildman–Crippen LogP) is 1.45. The molecule has 4 nitrogen and oxygen atoms in total. The Morgan fingerprint density at radius 3 is 2.62 bits per heavy atom. The molecule has 0 aromatic carbocycles. The van der Waals surface area contributed by atoms with E-state index in [1.54, 1.807) is 12.1 Å². The molecule has 16 heavy (non-hydrogen) atoms. The molecule has 3 N–H and O–H groups in total. The van der Waals surface area contributed by atoms with Crippen LogP contribution in [0.15, 0.2) is 22.8 Å². The van der Waals surface area contributed by atoms with Crippen molar-refractivity contribution in [2.75, 3.05) is 13.1 Å². The van der Waals surface area contributed by atoms with Crippen LogP contribution in [-0.4, -0.2) is 28.9 Å². The van der Waals surface area contributed by atoms with Crippen molar-refractivity contribution in [3.63, 3.8) is 0 Å². The molecule has 1 heterocycles. The third-order valence-corrected chi connectivity index (χ3v) is 2.98. The van der Waals surface area contributed by atoms with Crippen LogP contribution >= 0.6 is 0 Å². The van der Waals surface area contributed by atoms with Gasteiger partial charge in [-0.2, -0.15) is 0 Å². The van der Waals surface area contributed by atoms with Crippen LogP contribution in [0.25, 0.3) is 0 Å². The van der Waals surface area contributed by atoms with Gasteiger partial charge in [-0.05, 0) is 25.0 Å². The highest BCUT2D eigenvalue weighted by atomic mass is 16.4. The molecule has 4 heteroatoms. The topological polar surface area (TPSA) is 65.6 Å². The Labute approximate surface area is 96.3 Å². The van der Waals surface area contributed by atoms with Crippen LogP contribution in [0.1, 0.15) is 38.6 Å². The van der Waals surface area contributed by atoms with Gasteiger partial charge >= 0.3 is 0 Å². The van der Waals surface area contributed by atoms with E-state index in [9.17, 15) is 10.2 Å². The number of nitrogens with one attached hydrogen (secondary N) is 1. The lowest BCUT2D eigenvalue weighted by molar-refractivity contribution is 0.0285. The van der Waals surface area contributed by atoms with E-state index in [0.717, 1.165) is 0 Å². The van der Waals surface area contributed by atoms with Crippen molar-refractivity contribution >= 4 is 0 Å². The number of aliphatic hydroxyl groups excluding tert-OH is 1. The predicted molar refractivity (Wildman–Crippen MR) is 62.1 cm³/mol. The summed E-state index contributed by atoms with van der Waals surface area (Å²) in [5.74, 6) is 0.545. The zero-order chi connectivity index (χ0) is 12.0. The molecule has 1 aromatic heterocycles. The highest BCUT2D eigenvalue weighted by molar-refractivity contribution is 5.02. The molecular weight excluding hydrogens is 206 g/mol. The number of rotatable bonds is 7. The van der Waals surface area contributed by atoms with Gasteiger partial charge in [0.2, 0.25) is 0 Å². The number of hydrogen-bond acceptors (Lipinski definition) is 4. The Kier molecular flexibility index (Phi) is 4.99. The second kappa shape index (κ2) is 6.03. The van der Waals surface area contributed by atoms with Crippen molar-refractivity contribution < 1.29 is 14.6 Å². The number of aliphatic hydroxyl groups is 2. The molecule has 0 bridgehead atoms. The summed E-state index contributed by atoms with van der Waals surface area (Å²) in [6, 6.07) is 3.48. The average Bonchev–Trinajstić information content (AvgIpc) is 2.82. The van der Waals surface area contributed by atoms with Gasteiger partial charge in [0, 0.05) is 13.1 Å². The molecule has 0 radical (unpaired) electrons. The molecule has 0 aliphatic rings. The Hall–Kier alpha value is -0.840. The normalized spacial score (nSPS) is 14.0. The lowest BCUT2D eigenvalue weighted by Crippen LogP contribution is -2.40. The maximum Gasteiger partial charge on any atom is 0.133 e. The van der Waals surface area contributed by atoms with E-state index in [-0.39, 0.29) is 0 Å². The number of hydrogen-bond donors (Lipinski definition) is 3. The Balaban J connectivity index is 2.30. The van der Waals surface area contributed by atoms with E-state index in [1.807, 2.05) is 13.8 Å². The van der Waals surface area contributed by atoms with Gasteiger partial charge < -0.3 is 19.9 Å². The smallest absolute Gasteiger partial charge is 0.133 e. The zero-order valence-electron chi connectivity index (χ0n) is 9.94. The third-order valence-electron chi connectivity index (χ3n) is 2.98. The van der Waals surface area contributed by atoms with E-state index < -0.39 is 11.7 Å². The van der Waals surface area contributed by atoms with E-state index in [1.165, 1.54) is 6.26 Å². The van der Waals surface area contributed by atoms with E-state index >= 15 is 0 Å². The van der Waals surface area contributed by atoms with E-state index in [0.29, 0.717) is 31.7 Å². The fourth-order valence-electron chi connectivity index (χ4n) is 1.52. The maximum absolute atomic E-state index is 10.0. The van der Waals surface area contributed by atoms with Gasteiger partial charge in [-0.25, -0.2) is 0 Å². The highest BCUT2D eigenvalue weighted by Crippen LogP contribution is 2.15. The van der Waals surface area contributed by atoms with Gasteiger partial charge in [-0.3, -0.25) is 0 Å². The van der Waals surface area contributed by atoms with Crippen molar-refractivity contribution in [3.05, 3.63) is 24.2 Å². The second-order valence-electron chi connectivity index (χ2n) is 4.09. The summed E-state index contributed by atoms with van der Waals surface area (Å²) in [7, 11) is 0. The summed E-state index contributed by atoms with van der Waals surface area (Å²) < 4.78 is 5.08. The first-order chi connectivity index (χ1) is 7.61. The SMILES string of the molecule is CCC(O)(CC)CNCC(O)c1ccco1. The molecule has 0 saturated carbocycles. The van der Waals surface area contributed by atoms with Crippen LogP contribution in [0.2, 0.25) is 0 Å². The van der Waals surface area contributed by atoms with Gasteiger partial charge in [0.25, 0.3) is 0 Å². The molecule has 0 spiro atoms. The summed E-state index contributed by atoms with van der Waals surface area (Å²) in [6.07, 6.45) is 2.28. The summed E-state index contributed by atoms with van der Waals surface area (Å²) in [4.78, 5) is 0. The standard InChI is InChI=1S/C12H21NO3/c1-3-12(15,4-2)9-13-8-10(14)11-6-5-7-16-11/h5-7,10,13-15H,3-4,8-9H2,1-2H3. The van der Waals surface area contributed by atoms with Crippen LogP contribution in [0.3, 0.4) is 0 Å². The summed E-state index contributed by atoms with van der Waals surface area (Å²) in [5, 5.41) is 22.8. The molecule has 0 amide bonds. The molecule has 1 atom stereocenters. The lowest BCUT2D eigenvalue weighted by atomic mass is 9.97. The summed E-state index contributed by atoms with van der Waals surface area (Å²) >= 11 is 0. The van der Waals surface area contributed by atoms with Crippen molar-refractivity contribution in [1.29, 1.82) is 0 Å². The third kappa shape index (κ3) is 3.63. The van der Waals surface area contributed by atoms with Crippen LogP contribution in [0.5, 0.6) is 0 Å². The molecule has 1 rings (SSSR count). The first kappa shape index (κ1) is 13.2. The van der Waals surface area contributed by atoms with Gasteiger partial charge in [0.15, 0.2) is 0 Å². The molecule has 1 unspecified atom stereocenters. The van der Waals surface area contributed by atoms with Crippen LogP contribution in [0, 0.1) is 0 Å². The molecule has 0 aliphatic heterocycles. The largest absolute Gasteiger partial charge is 0.467 e. The minimum atomic E-state index is -0.678. The number of furan rings is 1. The fourth-order valence-corrected chi connectivity index (χ4v) is 1.52. The van der Waals surface area contributed by atoms with Gasteiger partial charge in [0.1, 0.15) is 11.9 Å². The molecule has 92 valence electrons. The fraction of sp³-hybridized carbons (Fsp3) is 0.667. The average molecular weight is 227 g/mol. The van der Waals surface area contributed by atoms with E-state index in [2.05, 4.69) is 5.32 Å². The van der Waals surface area contributed by atoms with Crippen molar-refractivity contribution in [1.82, 2.24) is 5.32 Å². The van der Waals surface area contributed by atoms with Crippen molar-refractivity contribution in [2.24, 2.45) is 0 Å². The molecule has 0 aliphatic carbocycles. The first-order valence-corrected chi connectivity index (χ1v) is 5.76. The Bertz CT molecular complexity index is 280. The summed E-state index contributed by atoms with van der Waals surface area (Å²) in [6.45, 7) is 4.77. The minimum absolute atomic E-state index is 0.385. The Morgan fingerprint density at radius 1 is 1.44 bits per heavy atom. The second-order valence-corrected chi connectivity index (χ2v) is 4.09. The monoisotopic (exact) mass is 227 g/mol. The minimum Gasteiger partial charge on any atom is -0.467 e. The van der Waals surface area contributed by atoms with Crippen LogP contribution < -0.4 is 5.32 Å². The Morgan fingerprint density at radius 2 is 2.12 bits per heavy atom. The quantitative estimate of drug-likeness (QED) is 0.659. The lowest BCUT2D eigenvalue weighted by Gasteiger charge is -2.25. The van der Waals surface area contributed by atoms with Gasteiger partial charge in [0.05, 0.1) is 11.9 Å². The van der Waals surface area contributed by atoms with Gasteiger partial charge in [-0.1, -0.05) is 13.8 Å². The molecular formula is C12H21NO3. The molecule has 0 fully saturated rings. The molecule has 1 aromatic rings. The van der Waals surface area contributed by atoms with Crippen molar-refractivity contribution in [2.45, 2.75) is 38.4 Å². The van der Waals surface area contributed by atoms with Gasteiger partial charge in [-0.15, -0.1) is 0 Å². The van der Waals surface area contributed by atoms with E-state index in [4.69, 9.17) is 4.42 Å². The highest BCUT2D eigenvalue weighted by Gasteiger charge is 2.22. The maximum atomic E-state index is 10.0. The summed E-state index contributed by atoms with van der Waals surface area (Å²) in [5.41, 5.74) is -0.678. The van der Waals surface area contributed by atoms with Crippen LogP contribution in [-0.2, 0) is 0 Å². The molecule has 0 saturated heterocycles. The first-order valence-electron chi connectivity index (χ1n) is 5.76. The zero-order valence-corrected chi connectivity index (χ0v) is 9.94. The van der Waals surface area contributed by atoms with Crippen molar-refractivity contribution in [3.8, 4) is 0 Å².